The molecule has 0 bridgehead atoms. The van der Waals surface area contributed by atoms with Crippen molar-refractivity contribution >= 4 is 15.9 Å². The van der Waals surface area contributed by atoms with Crippen LogP contribution in [-0.2, 0) is 6.42 Å². The average Bonchev–Trinajstić information content (AvgIpc) is 2.23. The van der Waals surface area contributed by atoms with Crippen molar-refractivity contribution in [2.24, 2.45) is 5.92 Å². The smallest absolute Gasteiger partial charge is 0.0211 e. The molecule has 0 aliphatic heterocycles. The van der Waals surface area contributed by atoms with Gasteiger partial charge in [0.05, 0.1) is 0 Å². The van der Waals surface area contributed by atoms with E-state index in [1.807, 2.05) is 0 Å². The second-order valence-electron chi connectivity index (χ2n) is 4.92. The van der Waals surface area contributed by atoms with E-state index >= 15 is 0 Å². The van der Waals surface area contributed by atoms with E-state index in [4.69, 9.17) is 0 Å². The third-order valence-corrected chi connectivity index (χ3v) is 4.51. The number of rotatable bonds is 5. The molecule has 0 N–H and O–H groups in total. The molecule has 2 atom stereocenters. The lowest BCUT2D eigenvalue weighted by Gasteiger charge is -2.19. The SMILES string of the molecule is CCCC(C)C(Br)Cc1cc(C)ccc1C. The van der Waals surface area contributed by atoms with E-state index in [9.17, 15) is 0 Å². The molecule has 0 spiro atoms. The summed E-state index contributed by atoms with van der Waals surface area (Å²) in [6.07, 6.45) is 3.73. The molecule has 1 heteroatoms. The Balaban J connectivity index is 2.68. The summed E-state index contributed by atoms with van der Waals surface area (Å²) in [5.74, 6) is 0.755. The Hall–Kier alpha value is -0.300. The van der Waals surface area contributed by atoms with Crippen molar-refractivity contribution in [3.05, 3.63) is 34.9 Å². The van der Waals surface area contributed by atoms with Crippen molar-refractivity contribution in [2.45, 2.75) is 51.8 Å². The van der Waals surface area contributed by atoms with Gasteiger partial charge in [0.1, 0.15) is 0 Å². The van der Waals surface area contributed by atoms with E-state index in [0.29, 0.717) is 4.83 Å². The molecule has 0 heterocycles. The molecule has 0 aromatic heterocycles. The third kappa shape index (κ3) is 3.93. The molecule has 0 aliphatic rings. The van der Waals surface area contributed by atoms with Crippen molar-refractivity contribution in [1.29, 1.82) is 0 Å². The van der Waals surface area contributed by atoms with Crippen LogP contribution in [0.15, 0.2) is 18.2 Å². The number of halogens is 1. The van der Waals surface area contributed by atoms with Crippen molar-refractivity contribution in [3.63, 3.8) is 0 Å². The van der Waals surface area contributed by atoms with Gasteiger partial charge >= 0.3 is 0 Å². The van der Waals surface area contributed by atoms with Gasteiger partial charge in [-0.05, 0) is 43.7 Å². The normalized spacial score (nSPS) is 14.8. The number of aryl methyl sites for hydroxylation is 2. The number of hydrogen-bond donors (Lipinski definition) is 0. The molecule has 0 amide bonds. The summed E-state index contributed by atoms with van der Waals surface area (Å²) < 4.78 is 0. The Morgan fingerprint density at radius 1 is 1.25 bits per heavy atom. The molecule has 1 aromatic rings. The van der Waals surface area contributed by atoms with Crippen LogP contribution in [0.1, 0.15) is 43.4 Å². The van der Waals surface area contributed by atoms with E-state index in [1.54, 1.807) is 0 Å². The molecule has 0 saturated heterocycles. The average molecular weight is 283 g/mol. The van der Waals surface area contributed by atoms with Crippen LogP contribution in [0.2, 0.25) is 0 Å². The van der Waals surface area contributed by atoms with Crippen LogP contribution in [-0.4, -0.2) is 4.83 Å². The number of benzene rings is 1. The molecule has 1 aromatic carbocycles. The summed E-state index contributed by atoms with van der Waals surface area (Å²) in [5, 5.41) is 0. The van der Waals surface area contributed by atoms with Crippen LogP contribution in [0.4, 0.5) is 0 Å². The largest absolute Gasteiger partial charge is 0.0884 e. The first-order valence-corrected chi connectivity index (χ1v) is 7.16. The lowest BCUT2D eigenvalue weighted by Crippen LogP contribution is -2.14. The Morgan fingerprint density at radius 3 is 2.56 bits per heavy atom. The Morgan fingerprint density at radius 2 is 1.94 bits per heavy atom. The first-order chi connectivity index (χ1) is 7.54. The molecule has 2 unspecified atom stereocenters. The fourth-order valence-corrected chi connectivity index (χ4v) is 2.68. The third-order valence-electron chi connectivity index (χ3n) is 3.28. The zero-order chi connectivity index (χ0) is 12.1. The summed E-state index contributed by atoms with van der Waals surface area (Å²) in [4.78, 5) is 0.605. The van der Waals surface area contributed by atoms with Gasteiger partial charge < -0.3 is 0 Å². The van der Waals surface area contributed by atoms with Crippen LogP contribution in [0.5, 0.6) is 0 Å². The highest BCUT2D eigenvalue weighted by Crippen LogP contribution is 2.24. The van der Waals surface area contributed by atoms with E-state index in [2.05, 4.69) is 61.8 Å². The van der Waals surface area contributed by atoms with E-state index in [-0.39, 0.29) is 0 Å². The molecular formula is C15H23Br. The van der Waals surface area contributed by atoms with Crippen LogP contribution >= 0.6 is 15.9 Å². The number of hydrogen-bond acceptors (Lipinski definition) is 0. The molecule has 0 saturated carbocycles. The van der Waals surface area contributed by atoms with Crippen LogP contribution in [0.3, 0.4) is 0 Å². The highest BCUT2D eigenvalue weighted by atomic mass is 79.9. The molecule has 0 aliphatic carbocycles. The van der Waals surface area contributed by atoms with E-state index in [1.165, 1.54) is 29.5 Å². The second-order valence-corrected chi connectivity index (χ2v) is 6.09. The quantitative estimate of drug-likeness (QED) is 0.664. The molecule has 0 fully saturated rings. The lowest BCUT2D eigenvalue weighted by atomic mass is 9.94. The van der Waals surface area contributed by atoms with Gasteiger partial charge in [-0.3, -0.25) is 0 Å². The summed E-state index contributed by atoms with van der Waals surface area (Å²) in [6.45, 7) is 8.98. The van der Waals surface area contributed by atoms with Gasteiger partial charge in [-0.2, -0.15) is 0 Å². The summed E-state index contributed by atoms with van der Waals surface area (Å²) in [7, 11) is 0. The summed E-state index contributed by atoms with van der Waals surface area (Å²) in [5.41, 5.74) is 4.27. The van der Waals surface area contributed by atoms with Crippen LogP contribution in [0, 0.1) is 19.8 Å². The Bertz CT molecular complexity index is 330. The minimum absolute atomic E-state index is 0.605. The standard InChI is InChI=1S/C15H23Br/c1-5-6-13(4)15(16)10-14-9-11(2)7-8-12(14)3/h7-9,13,15H,5-6,10H2,1-4H3. The first-order valence-electron chi connectivity index (χ1n) is 6.24. The summed E-state index contributed by atoms with van der Waals surface area (Å²) in [6, 6.07) is 6.74. The van der Waals surface area contributed by atoms with Crippen molar-refractivity contribution in [2.75, 3.05) is 0 Å². The predicted octanol–water partition coefficient (Wildman–Crippen LogP) is 5.05. The van der Waals surface area contributed by atoms with Gasteiger partial charge in [0.25, 0.3) is 0 Å². The van der Waals surface area contributed by atoms with Gasteiger partial charge in [0.15, 0.2) is 0 Å². The number of alkyl halides is 1. The maximum absolute atomic E-state index is 3.84. The van der Waals surface area contributed by atoms with Gasteiger partial charge in [-0.15, -0.1) is 0 Å². The topological polar surface area (TPSA) is 0 Å². The monoisotopic (exact) mass is 282 g/mol. The highest BCUT2D eigenvalue weighted by molar-refractivity contribution is 9.09. The van der Waals surface area contributed by atoms with Crippen molar-refractivity contribution in [1.82, 2.24) is 0 Å². The second kappa shape index (κ2) is 6.44. The molecule has 0 radical (unpaired) electrons. The molecule has 16 heavy (non-hydrogen) atoms. The van der Waals surface area contributed by atoms with Gasteiger partial charge in [-0.1, -0.05) is 60.0 Å². The Labute approximate surface area is 109 Å². The lowest BCUT2D eigenvalue weighted by molar-refractivity contribution is 0.505. The predicted molar refractivity (Wildman–Crippen MR) is 76.4 cm³/mol. The molecule has 1 rings (SSSR count). The maximum atomic E-state index is 3.84. The van der Waals surface area contributed by atoms with Gasteiger partial charge in [0, 0.05) is 4.83 Å². The minimum atomic E-state index is 0.605. The van der Waals surface area contributed by atoms with Crippen LogP contribution < -0.4 is 0 Å². The van der Waals surface area contributed by atoms with Gasteiger partial charge in [0.2, 0.25) is 0 Å². The van der Waals surface area contributed by atoms with Crippen LogP contribution in [0.25, 0.3) is 0 Å². The van der Waals surface area contributed by atoms with Crippen molar-refractivity contribution in [3.8, 4) is 0 Å². The molecular weight excluding hydrogens is 260 g/mol. The molecule has 0 nitrogen and oxygen atoms in total. The molecule has 90 valence electrons. The minimum Gasteiger partial charge on any atom is -0.0884 e. The first kappa shape index (κ1) is 13.8. The summed E-state index contributed by atoms with van der Waals surface area (Å²) >= 11 is 3.84. The Kier molecular flexibility index (Phi) is 5.54. The van der Waals surface area contributed by atoms with Crippen molar-refractivity contribution < 1.29 is 0 Å². The fourth-order valence-electron chi connectivity index (χ4n) is 2.07. The zero-order valence-electron chi connectivity index (χ0n) is 10.9. The highest BCUT2D eigenvalue weighted by Gasteiger charge is 2.14. The van der Waals surface area contributed by atoms with Gasteiger partial charge in [-0.25, -0.2) is 0 Å². The van der Waals surface area contributed by atoms with E-state index < -0.39 is 0 Å². The zero-order valence-corrected chi connectivity index (χ0v) is 12.5. The fraction of sp³-hybridized carbons (Fsp3) is 0.600. The van der Waals surface area contributed by atoms with E-state index in [0.717, 1.165) is 12.3 Å². The maximum Gasteiger partial charge on any atom is 0.0211 e.